The molecular weight excluding hydrogens is 301 g/mol. The van der Waals surface area contributed by atoms with Crippen LogP contribution in [-0.2, 0) is 0 Å². The highest BCUT2D eigenvalue weighted by atomic mass is 79.9. The first kappa shape index (κ1) is 12.2. The first-order valence-corrected chi connectivity index (χ1v) is 4.96. The summed E-state index contributed by atoms with van der Waals surface area (Å²) in [5, 5.41) is 10.5. The van der Waals surface area contributed by atoms with Crippen molar-refractivity contribution in [2.75, 3.05) is 0 Å². The van der Waals surface area contributed by atoms with E-state index < -0.39 is 32.8 Å². The minimum Gasteiger partial charge on any atom is -0.262 e. The molecule has 1 heterocycles. The highest BCUT2D eigenvalue weighted by Crippen LogP contribution is 2.42. The van der Waals surface area contributed by atoms with Gasteiger partial charge >= 0.3 is 5.51 Å². The zero-order valence-corrected chi connectivity index (χ0v) is 9.19. The summed E-state index contributed by atoms with van der Waals surface area (Å²) in [7, 11) is 0. The van der Waals surface area contributed by atoms with Gasteiger partial charge in [-0.2, -0.15) is 13.2 Å². The van der Waals surface area contributed by atoms with Crippen molar-refractivity contribution in [3.8, 4) is 0 Å². The van der Waals surface area contributed by atoms with Gasteiger partial charge in [-0.1, -0.05) is 0 Å². The van der Waals surface area contributed by atoms with Gasteiger partial charge in [0.15, 0.2) is 0 Å². The maximum Gasteiger partial charge on any atom is 0.446 e. The maximum absolute atomic E-state index is 12.0. The van der Waals surface area contributed by atoms with E-state index in [-0.39, 0.29) is 4.47 Å². The number of nitrogens with zero attached hydrogens (tertiary/aromatic N) is 2. The van der Waals surface area contributed by atoms with Gasteiger partial charge in [0.25, 0.3) is 5.69 Å². The molecule has 0 saturated heterocycles. The first-order chi connectivity index (χ1) is 6.81. The molecule has 82 valence electrons. The van der Waals surface area contributed by atoms with E-state index in [1.807, 2.05) is 0 Å². The quantitative estimate of drug-likeness (QED) is 0.477. The number of alkyl halides is 3. The Balaban J connectivity index is 3.18. The summed E-state index contributed by atoms with van der Waals surface area (Å²) in [4.78, 5) is 12.5. The molecule has 0 fully saturated rings. The van der Waals surface area contributed by atoms with E-state index >= 15 is 0 Å². The molecule has 1 rings (SSSR count). The lowest BCUT2D eigenvalue weighted by Crippen LogP contribution is -2.02. The van der Waals surface area contributed by atoms with Crippen LogP contribution >= 0.6 is 27.7 Å². The van der Waals surface area contributed by atoms with Crippen LogP contribution in [0.5, 0.6) is 0 Å². The number of pyridine rings is 1. The largest absolute Gasteiger partial charge is 0.446 e. The number of halogens is 4. The van der Waals surface area contributed by atoms with Crippen molar-refractivity contribution in [1.29, 1.82) is 0 Å². The topological polar surface area (TPSA) is 56.0 Å². The molecule has 0 atom stereocenters. The molecule has 9 heteroatoms. The molecule has 1 aromatic rings. The van der Waals surface area contributed by atoms with E-state index in [1.54, 1.807) is 0 Å². The fourth-order valence-corrected chi connectivity index (χ4v) is 2.04. The summed E-state index contributed by atoms with van der Waals surface area (Å²) in [5.74, 6) is 0. The minimum absolute atomic E-state index is 0.0817. The normalized spacial score (nSPS) is 11.5. The average molecular weight is 303 g/mol. The predicted octanol–water partition coefficient (Wildman–Crippen LogP) is 3.36. The van der Waals surface area contributed by atoms with E-state index in [1.165, 1.54) is 0 Å². The van der Waals surface area contributed by atoms with Crippen molar-refractivity contribution >= 4 is 33.4 Å². The van der Waals surface area contributed by atoms with Crippen molar-refractivity contribution in [3.63, 3.8) is 0 Å². The third-order valence-electron chi connectivity index (χ3n) is 1.25. The maximum atomic E-state index is 12.0. The monoisotopic (exact) mass is 302 g/mol. The minimum atomic E-state index is -4.58. The van der Waals surface area contributed by atoms with Crippen LogP contribution in [0.4, 0.5) is 18.9 Å². The Morgan fingerprint density at radius 3 is 2.53 bits per heavy atom. The van der Waals surface area contributed by atoms with Crippen molar-refractivity contribution in [1.82, 2.24) is 4.98 Å². The Kier molecular flexibility index (Phi) is 3.55. The smallest absolute Gasteiger partial charge is 0.262 e. The van der Waals surface area contributed by atoms with Gasteiger partial charge in [-0.15, -0.1) is 0 Å². The summed E-state index contributed by atoms with van der Waals surface area (Å²) in [6, 6.07) is 0. The van der Waals surface area contributed by atoms with Crippen molar-refractivity contribution in [2.24, 2.45) is 0 Å². The summed E-state index contributed by atoms with van der Waals surface area (Å²) in [6.45, 7) is 0. The number of rotatable bonds is 2. The number of hydrogen-bond donors (Lipinski definition) is 0. The van der Waals surface area contributed by atoms with Gasteiger partial charge in [-0.25, -0.2) is 0 Å². The Labute approximate surface area is 94.2 Å². The molecule has 0 amide bonds. The molecular formula is C6H2BrF3N2O2S. The van der Waals surface area contributed by atoms with Gasteiger partial charge in [0.1, 0.15) is 9.37 Å². The molecule has 0 aliphatic rings. The zero-order valence-electron chi connectivity index (χ0n) is 6.79. The van der Waals surface area contributed by atoms with Crippen LogP contribution in [0.2, 0.25) is 0 Å². The predicted molar refractivity (Wildman–Crippen MR) is 50.5 cm³/mol. The van der Waals surface area contributed by atoms with E-state index in [4.69, 9.17) is 0 Å². The van der Waals surface area contributed by atoms with E-state index in [0.29, 0.717) is 0 Å². The Bertz CT molecular complexity index is 398. The fourth-order valence-electron chi connectivity index (χ4n) is 0.787. The zero-order chi connectivity index (χ0) is 11.6. The second-order valence-corrected chi connectivity index (χ2v) is 4.23. The van der Waals surface area contributed by atoms with Crippen LogP contribution < -0.4 is 0 Å². The van der Waals surface area contributed by atoms with Crippen LogP contribution in [0.1, 0.15) is 0 Å². The Morgan fingerprint density at radius 1 is 1.47 bits per heavy atom. The molecule has 1 aromatic heterocycles. The van der Waals surface area contributed by atoms with Crippen LogP contribution in [-0.4, -0.2) is 15.4 Å². The second kappa shape index (κ2) is 4.35. The number of hydrogen-bond acceptors (Lipinski definition) is 4. The lowest BCUT2D eigenvalue weighted by atomic mass is 10.4. The molecule has 0 N–H and O–H groups in total. The molecule has 4 nitrogen and oxygen atoms in total. The Morgan fingerprint density at radius 2 is 2.07 bits per heavy atom. The standard InChI is InChI=1S/C6H2BrF3N2O2S/c7-3-1-11-2-4(5(3)12(13)14)15-6(8,9)10/h1-2H. The lowest BCUT2D eigenvalue weighted by molar-refractivity contribution is -0.388. The van der Waals surface area contributed by atoms with E-state index in [9.17, 15) is 23.3 Å². The molecule has 0 aliphatic heterocycles. The third kappa shape index (κ3) is 3.34. The van der Waals surface area contributed by atoms with Gasteiger partial charge < -0.3 is 0 Å². The molecule has 15 heavy (non-hydrogen) atoms. The summed E-state index contributed by atoms with van der Waals surface area (Å²) < 4.78 is 36.0. The molecule has 0 bridgehead atoms. The molecule has 0 aromatic carbocycles. The van der Waals surface area contributed by atoms with Crippen molar-refractivity contribution < 1.29 is 18.1 Å². The average Bonchev–Trinajstić information content (AvgIpc) is 1.99. The van der Waals surface area contributed by atoms with Gasteiger partial charge in [0.2, 0.25) is 0 Å². The number of aromatic nitrogens is 1. The van der Waals surface area contributed by atoms with Crippen molar-refractivity contribution in [2.45, 2.75) is 10.4 Å². The van der Waals surface area contributed by atoms with E-state index in [0.717, 1.165) is 12.4 Å². The summed E-state index contributed by atoms with van der Waals surface area (Å²) in [5.41, 5.74) is -5.21. The van der Waals surface area contributed by atoms with Crippen LogP contribution in [0.15, 0.2) is 21.8 Å². The highest BCUT2D eigenvalue weighted by Gasteiger charge is 2.34. The molecule has 0 spiro atoms. The van der Waals surface area contributed by atoms with Gasteiger partial charge in [-0.3, -0.25) is 15.1 Å². The summed E-state index contributed by atoms with van der Waals surface area (Å²) in [6.07, 6.45) is 1.87. The first-order valence-electron chi connectivity index (χ1n) is 3.35. The second-order valence-electron chi connectivity index (χ2n) is 2.27. The molecule has 0 saturated carbocycles. The molecule has 0 aliphatic carbocycles. The van der Waals surface area contributed by atoms with Gasteiger partial charge in [0, 0.05) is 12.4 Å². The lowest BCUT2D eigenvalue weighted by Gasteiger charge is -2.05. The van der Waals surface area contributed by atoms with Crippen molar-refractivity contribution in [3.05, 3.63) is 27.0 Å². The Hall–Kier alpha value is -0.830. The fraction of sp³-hybridized carbons (Fsp3) is 0.167. The number of thioether (sulfide) groups is 1. The molecule has 0 radical (unpaired) electrons. The highest BCUT2D eigenvalue weighted by molar-refractivity contribution is 9.10. The van der Waals surface area contributed by atoms with Gasteiger partial charge in [-0.05, 0) is 27.7 Å². The number of nitro groups is 1. The van der Waals surface area contributed by atoms with Crippen LogP contribution in [0.3, 0.4) is 0 Å². The van der Waals surface area contributed by atoms with Crippen LogP contribution in [0, 0.1) is 10.1 Å². The van der Waals surface area contributed by atoms with E-state index in [2.05, 4.69) is 20.9 Å². The SMILES string of the molecule is O=[N+]([O-])c1c(Br)cncc1SC(F)(F)F. The summed E-state index contributed by atoms with van der Waals surface area (Å²) >= 11 is 2.21. The van der Waals surface area contributed by atoms with Gasteiger partial charge in [0.05, 0.1) is 4.92 Å². The molecule has 0 unspecified atom stereocenters. The van der Waals surface area contributed by atoms with Crippen LogP contribution in [0.25, 0.3) is 0 Å². The third-order valence-corrected chi connectivity index (χ3v) is 2.58.